The van der Waals surface area contributed by atoms with E-state index in [0.29, 0.717) is 17.8 Å². The molecule has 8 nitrogen and oxygen atoms in total. The van der Waals surface area contributed by atoms with Gasteiger partial charge in [0.25, 0.3) is 11.5 Å². The fourth-order valence-corrected chi connectivity index (χ4v) is 3.87. The van der Waals surface area contributed by atoms with Crippen molar-refractivity contribution in [2.24, 2.45) is 0 Å². The van der Waals surface area contributed by atoms with Gasteiger partial charge in [-0.05, 0) is 37.0 Å². The molecule has 0 saturated carbocycles. The van der Waals surface area contributed by atoms with Crippen LogP contribution in [-0.4, -0.2) is 33.1 Å². The summed E-state index contributed by atoms with van der Waals surface area (Å²) in [4.78, 5) is 41.0. The summed E-state index contributed by atoms with van der Waals surface area (Å²) < 4.78 is 6.80. The van der Waals surface area contributed by atoms with Crippen molar-refractivity contribution in [3.8, 4) is 0 Å². The molecule has 0 aliphatic carbocycles. The van der Waals surface area contributed by atoms with Gasteiger partial charge >= 0.3 is 5.97 Å². The molecule has 0 bridgehead atoms. The minimum absolute atomic E-state index is 0.0303. The van der Waals surface area contributed by atoms with Crippen LogP contribution in [0.1, 0.15) is 66.0 Å². The van der Waals surface area contributed by atoms with E-state index in [2.05, 4.69) is 10.3 Å². The van der Waals surface area contributed by atoms with Gasteiger partial charge in [0.05, 0.1) is 12.3 Å². The second kappa shape index (κ2) is 7.20. The highest BCUT2D eigenvalue weighted by molar-refractivity contribution is 6.04. The zero-order chi connectivity index (χ0) is 19.8. The number of aromatic nitrogens is 2. The van der Waals surface area contributed by atoms with Gasteiger partial charge in [-0.1, -0.05) is 19.1 Å². The van der Waals surface area contributed by atoms with E-state index in [0.717, 1.165) is 25.0 Å². The van der Waals surface area contributed by atoms with Crippen LogP contribution in [0.3, 0.4) is 0 Å². The third-order valence-electron chi connectivity index (χ3n) is 5.36. The summed E-state index contributed by atoms with van der Waals surface area (Å²) in [6.45, 7) is 2.58. The summed E-state index contributed by atoms with van der Waals surface area (Å²) in [5.74, 6) is -1.24. The largest absolute Gasteiger partial charge is 0.480 e. The van der Waals surface area contributed by atoms with Crippen LogP contribution in [0.5, 0.6) is 0 Å². The van der Waals surface area contributed by atoms with Crippen LogP contribution in [0.2, 0.25) is 0 Å². The number of hydrogen-bond donors (Lipinski definition) is 2. The van der Waals surface area contributed by atoms with E-state index in [4.69, 9.17) is 4.74 Å². The zero-order valence-corrected chi connectivity index (χ0v) is 15.4. The first kappa shape index (κ1) is 18.4. The number of amides is 1. The summed E-state index contributed by atoms with van der Waals surface area (Å²) in [5, 5.41) is 11.9. The van der Waals surface area contributed by atoms with Crippen LogP contribution < -0.4 is 10.9 Å². The number of carbonyl (C=O) groups is 2. The van der Waals surface area contributed by atoms with Gasteiger partial charge in [-0.25, -0.2) is 9.78 Å². The molecule has 2 N–H and O–H groups in total. The van der Waals surface area contributed by atoms with Crippen molar-refractivity contribution in [1.82, 2.24) is 9.55 Å². The Labute approximate surface area is 161 Å². The maximum absolute atomic E-state index is 12.7. The van der Waals surface area contributed by atoms with Crippen LogP contribution in [-0.2, 0) is 9.53 Å². The Morgan fingerprint density at radius 1 is 1.29 bits per heavy atom. The quantitative estimate of drug-likeness (QED) is 0.839. The highest BCUT2D eigenvalue weighted by Gasteiger charge is 2.35. The molecule has 1 amide bonds. The minimum Gasteiger partial charge on any atom is -0.480 e. The number of anilines is 1. The lowest BCUT2D eigenvalue weighted by atomic mass is 10.0. The molecule has 8 heteroatoms. The average molecular weight is 383 g/mol. The molecular weight excluding hydrogens is 362 g/mol. The van der Waals surface area contributed by atoms with Gasteiger partial charge < -0.3 is 15.2 Å². The molecule has 1 unspecified atom stereocenters. The van der Waals surface area contributed by atoms with Gasteiger partial charge in [-0.2, -0.15) is 0 Å². The molecule has 1 aromatic carbocycles. The van der Waals surface area contributed by atoms with Crippen molar-refractivity contribution in [2.75, 3.05) is 11.9 Å². The Kier molecular flexibility index (Phi) is 4.72. The van der Waals surface area contributed by atoms with Crippen molar-refractivity contribution in [1.29, 1.82) is 0 Å². The molecule has 2 aliphatic rings. The lowest BCUT2D eigenvalue weighted by molar-refractivity contribution is -0.140. The highest BCUT2D eigenvalue weighted by atomic mass is 16.5. The lowest BCUT2D eigenvalue weighted by Gasteiger charge is -2.12. The second-order valence-corrected chi connectivity index (χ2v) is 7.27. The SMILES string of the molecule is C[C@@H]1C[C@@H](C(=O)O)n2c1ncc(NC(=O)c1ccc(C3CCCO3)cc1)c2=O. The van der Waals surface area contributed by atoms with Crippen molar-refractivity contribution in [2.45, 2.75) is 44.2 Å². The molecule has 2 aromatic rings. The van der Waals surface area contributed by atoms with E-state index in [9.17, 15) is 19.5 Å². The van der Waals surface area contributed by atoms with E-state index in [1.807, 2.05) is 19.1 Å². The Bertz CT molecular complexity index is 976. The van der Waals surface area contributed by atoms with Crippen molar-refractivity contribution < 1.29 is 19.4 Å². The summed E-state index contributed by atoms with van der Waals surface area (Å²) in [7, 11) is 0. The van der Waals surface area contributed by atoms with Crippen molar-refractivity contribution >= 4 is 17.6 Å². The van der Waals surface area contributed by atoms with Crippen LogP contribution in [0, 0.1) is 0 Å². The van der Waals surface area contributed by atoms with Crippen LogP contribution in [0.25, 0.3) is 0 Å². The number of nitrogens with one attached hydrogen (secondary N) is 1. The number of nitrogens with zero attached hydrogens (tertiary/aromatic N) is 2. The van der Waals surface area contributed by atoms with Crippen LogP contribution in [0.4, 0.5) is 5.69 Å². The number of carboxylic acid groups (broad SMARTS) is 1. The molecule has 4 rings (SSSR count). The van der Waals surface area contributed by atoms with E-state index in [1.165, 1.54) is 10.8 Å². The summed E-state index contributed by atoms with van der Waals surface area (Å²) in [6.07, 6.45) is 3.66. The standard InChI is InChI=1S/C20H21N3O5/c1-11-9-15(20(26)27)23-17(11)21-10-14(19(23)25)22-18(24)13-6-4-12(5-7-13)16-3-2-8-28-16/h4-7,10-11,15-16H,2-3,8-9H2,1H3,(H,22,24)(H,26,27)/t11-,15+,16?/m1/s1. The number of aliphatic carboxylic acids is 1. The first-order valence-electron chi connectivity index (χ1n) is 9.33. The molecule has 2 aliphatic heterocycles. The number of ether oxygens (including phenoxy) is 1. The van der Waals surface area contributed by atoms with Crippen LogP contribution >= 0.6 is 0 Å². The molecule has 3 atom stereocenters. The van der Waals surface area contributed by atoms with E-state index in [-0.39, 0.29) is 17.7 Å². The highest BCUT2D eigenvalue weighted by Crippen LogP contribution is 2.33. The number of rotatable bonds is 4. The maximum Gasteiger partial charge on any atom is 0.326 e. The number of benzene rings is 1. The van der Waals surface area contributed by atoms with Gasteiger partial charge in [0, 0.05) is 18.1 Å². The van der Waals surface area contributed by atoms with Gasteiger partial charge in [0.1, 0.15) is 17.6 Å². The molecule has 146 valence electrons. The van der Waals surface area contributed by atoms with Gasteiger partial charge in [0.2, 0.25) is 0 Å². The first-order chi connectivity index (χ1) is 13.5. The summed E-state index contributed by atoms with van der Waals surface area (Å²) in [5.41, 5.74) is 0.838. The molecule has 0 spiro atoms. The Morgan fingerprint density at radius 2 is 2.04 bits per heavy atom. The fraction of sp³-hybridized carbons (Fsp3) is 0.400. The third-order valence-corrected chi connectivity index (χ3v) is 5.36. The molecule has 1 aromatic heterocycles. The average Bonchev–Trinajstić information content (AvgIpc) is 3.33. The third kappa shape index (κ3) is 3.20. The fourth-order valence-electron chi connectivity index (χ4n) is 3.87. The number of carboxylic acids is 1. The zero-order valence-electron chi connectivity index (χ0n) is 15.4. The lowest BCUT2D eigenvalue weighted by Crippen LogP contribution is -2.31. The van der Waals surface area contributed by atoms with Crippen LogP contribution in [0.15, 0.2) is 35.3 Å². The number of hydrogen-bond acceptors (Lipinski definition) is 5. The van der Waals surface area contributed by atoms with Crippen molar-refractivity contribution in [3.63, 3.8) is 0 Å². The first-order valence-corrected chi connectivity index (χ1v) is 9.33. The van der Waals surface area contributed by atoms with Gasteiger partial charge in [-0.15, -0.1) is 0 Å². The van der Waals surface area contributed by atoms with E-state index < -0.39 is 23.5 Å². The second-order valence-electron chi connectivity index (χ2n) is 7.27. The molecule has 3 heterocycles. The van der Waals surface area contributed by atoms with Gasteiger partial charge in [0.15, 0.2) is 0 Å². The molecule has 1 fully saturated rings. The molecule has 0 radical (unpaired) electrons. The molecule has 28 heavy (non-hydrogen) atoms. The predicted octanol–water partition coefficient (Wildman–Crippen LogP) is 2.48. The van der Waals surface area contributed by atoms with E-state index >= 15 is 0 Å². The molecule has 1 saturated heterocycles. The van der Waals surface area contributed by atoms with E-state index in [1.54, 1.807) is 12.1 Å². The smallest absolute Gasteiger partial charge is 0.326 e. The Balaban J connectivity index is 1.56. The number of fused-ring (bicyclic) bond motifs is 1. The maximum atomic E-state index is 12.7. The van der Waals surface area contributed by atoms with Gasteiger partial charge in [-0.3, -0.25) is 14.2 Å². The monoisotopic (exact) mass is 383 g/mol. The normalized spacial score (nSPS) is 23.4. The molecular formula is C20H21N3O5. The topological polar surface area (TPSA) is 111 Å². The summed E-state index contributed by atoms with van der Waals surface area (Å²) in [6, 6.07) is 6.11. The summed E-state index contributed by atoms with van der Waals surface area (Å²) >= 11 is 0. The predicted molar refractivity (Wildman–Crippen MR) is 101 cm³/mol. The van der Waals surface area contributed by atoms with Crippen molar-refractivity contribution in [3.05, 3.63) is 57.8 Å². The Hall–Kier alpha value is -3.00. The number of carbonyl (C=O) groups excluding carboxylic acids is 1. The Morgan fingerprint density at radius 3 is 2.68 bits per heavy atom. The minimum atomic E-state index is -1.08.